The van der Waals surface area contributed by atoms with E-state index < -0.39 is 0 Å². The van der Waals surface area contributed by atoms with Crippen molar-refractivity contribution in [1.29, 1.82) is 0 Å². The molecule has 3 N–H and O–H groups in total. The van der Waals surface area contributed by atoms with Crippen LogP contribution < -0.4 is 20.5 Å². The van der Waals surface area contributed by atoms with E-state index in [0.29, 0.717) is 5.69 Å². The first kappa shape index (κ1) is 17.0. The quantitative estimate of drug-likeness (QED) is 0.569. The SMILES string of the molecule is COc1ccc(NCCCc2ccc(OC(C)C)c(N)c2)cc1. The molecule has 124 valence electrons. The standard InChI is InChI=1S/C19H26N2O2/c1-14(2)23-19-11-6-15(13-18(19)20)5-4-12-21-16-7-9-17(22-3)10-8-16/h6-11,13-14,21H,4-5,12,20H2,1-3H3. The third kappa shape index (κ3) is 5.40. The predicted molar refractivity (Wildman–Crippen MR) is 96.4 cm³/mol. The fraction of sp³-hybridized carbons (Fsp3) is 0.368. The first-order valence-electron chi connectivity index (χ1n) is 8.01. The monoisotopic (exact) mass is 314 g/mol. The van der Waals surface area contributed by atoms with Crippen LogP contribution in [0.3, 0.4) is 0 Å². The summed E-state index contributed by atoms with van der Waals surface area (Å²) in [5, 5.41) is 3.41. The molecule has 0 saturated heterocycles. The van der Waals surface area contributed by atoms with Gasteiger partial charge in [0.25, 0.3) is 0 Å². The van der Waals surface area contributed by atoms with Crippen LogP contribution in [0.4, 0.5) is 11.4 Å². The van der Waals surface area contributed by atoms with Crippen molar-refractivity contribution in [3.05, 3.63) is 48.0 Å². The summed E-state index contributed by atoms with van der Waals surface area (Å²) >= 11 is 0. The fourth-order valence-corrected chi connectivity index (χ4v) is 2.35. The van der Waals surface area contributed by atoms with Gasteiger partial charge in [0.1, 0.15) is 11.5 Å². The smallest absolute Gasteiger partial charge is 0.142 e. The van der Waals surface area contributed by atoms with E-state index in [1.807, 2.05) is 50.2 Å². The third-order valence-electron chi connectivity index (χ3n) is 3.50. The summed E-state index contributed by atoms with van der Waals surface area (Å²) in [4.78, 5) is 0. The molecule has 0 aliphatic heterocycles. The molecule has 23 heavy (non-hydrogen) atoms. The minimum Gasteiger partial charge on any atom is -0.497 e. The molecule has 0 saturated carbocycles. The van der Waals surface area contributed by atoms with Crippen molar-refractivity contribution in [2.24, 2.45) is 0 Å². The molecule has 2 aromatic rings. The first-order valence-corrected chi connectivity index (χ1v) is 8.01. The zero-order valence-corrected chi connectivity index (χ0v) is 14.1. The largest absolute Gasteiger partial charge is 0.497 e. The van der Waals surface area contributed by atoms with Gasteiger partial charge in [0, 0.05) is 12.2 Å². The number of nitrogens with one attached hydrogen (secondary N) is 1. The van der Waals surface area contributed by atoms with Crippen molar-refractivity contribution < 1.29 is 9.47 Å². The van der Waals surface area contributed by atoms with Crippen molar-refractivity contribution in [2.75, 3.05) is 24.7 Å². The zero-order valence-electron chi connectivity index (χ0n) is 14.1. The Morgan fingerprint density at radius 3 is 2.43 bits per heavy atom. The normalized spacial score (nSPS) is 10.6. The fourth-order valence-electron chi connectivity index (χ4n) is 2.35. The van der Waals surface area contributed by atoms with Gasteiger partial charge in [-0.05, 0) is 68.7 Å². The Hall–Kier alpha value is -2.36. The minimum atomic E-state index is 0.136. The lowest BCUT2D eigenvalue weighted by molar-refractivity contribution is 0.244. The van der Waals surface area contributed by atoms with Gasteiger partial charge in [-0.15, -0.1) is 0 Å². The van der Waals surface area contributed by atoms with Crippen LogP contribution in [0.5, 0.6) is 11.5 Å². The highest BCUT2D eigenvalue weighted by Crippen LogP contribution is 2.24. The van der Waals surface area contributed by atoms with Crippen molar-refractivity contribution in [3.8, 4) is 11.5 Å². The van der Waals surface area contributed by atoms with Gasteiger partial charge in [0.2, 0.25) is 0 Å². The number of methoxy groups -OCH3 is 1. The van der Waals surface area contributed by atoms with Crippen molar-refractivity contribution in [3.63, 3.8) is 0 Å². The number of nitrogen functional groups attached to an aromatic ring is 1. The van der Waals surface area contributed by atoms with Gasteiger partial charge in [-0.25, -0.2) is 0 Å². The Balaban J connectivity index is 1.78. The van der Waals surface area contributed by atoms with E-state index in [1.54, 1.807) is 7.11 Å². The van der Waals surface area contributed by atoms with Gasteiger partial charge in [0.15, 0.2) is 0 Å². The maximum atomic E-state index is 6.04. The average Bonchev–Trinajstić information content (AvgIpc) is 2.54. The van der Waals surface area contributed by atoms with Crippen LogP contribution >= 0.6 is 0 Å². The lowest BCUT2D eigenvalue weighted by atomic mass is 10.1. The van der Waals surface area contributed by atoms with E-state index in [2.05, 4.69) is 11.4 Å². The zero-order chi connectivity index (χ0) is 16.7. The molecule has 0 heterocycles. The lowest BCUT2D eigenvalue weighted by Gasteiger charge is -2.13. The molecule has 0 atom stereocenters. The highest BCUT2D eigenvalue weighted by Gasteiger charge is 2.04. The van der Waals surface area contributed by atoms with Crippen molar-refractivity contribution >= 4 is 11.4 Å². The van der Waals surface area contributed by atoms with Crippen LogP contribution in [0, 0.1) is 0 Å². The summed E-state index contributed by atoms with van der Waals surface area (Å²) in [6.07, 6.45) is 2.15. The molecule has 0 aliphatic carbocycles. The predicted octanol–water partition coefficient (Wildman–Crippen LogP) is 4.11. The van der Waals surface area contributed by atoms with Gasteiger partial charge in [0.05, 0.1) is 18.9 Å². The third-order valence-corrected chi connectivity index (χ3v) is 3.50. The van der Waals surface area contributed by atoms with Crippen molar-refractivity contribution in [1.82, 2.24) is 0 Å². The minimum absolute atomic E-state index is 0.136. The molecule has 0 aromatic heterocycles. The summed E-state index contributed by atoms with van der Waals surface area (Å²) in [6.45, 7) is 4.91. The summed E-state index contributed by atoms with van der Waals surface area (Å²) in [6, 6.07) is 14.0. The Morgan fingerprint density at radius 1 is 1.09 bits per heavy atom. The van der Waals surface area contributed by atoms with E-state index in [9.17, 15) is 0 Å². The molecular formula is C19H26N2O2. The number of anilines is 2. The number of nitrogens with two attached hydrogens (primary N) is 1. The van der Waals surface area contributed by atoms with Crippen molar-refractivity contribution in [2.45, 2.75) is 32.8 Å². The molecule has 4 nitrogen and oxygen atoms in total. The molecule has 2 aromatic carbocycles. The molecule has 4 heteroatoms. The van der Waals surface area contributed by atoms with Gasteiger partial charge in [-0.1, -0.05) is 6.07 Å². The second kappa shape index (κ2) is 8.32. The van der Waals surface area contributed by atoms with Crippen LogP contribution in [-0.2, 0) is 6.42 Å². The number of rotatable bonds is 8. The van der Waals surface area contributed by atoms with Gasteiger partial charge in [-0.2, -0.15) is 0 Å². The highest BCUT2D eigenvalue weighted by atomic mass is 16.5. The number of benzene rings is 2. The highest BCUT2D eigenvalue weighted by molar-refractivity contribution is 5.54. The van der Waals surface area contributed by atoms with E-state index in [0.717, 1.165) is 36.6 Å². The number of hydrogen-bond acceptors (Lipinski definition) is 4. The van der Waals surface area contributed by atoms with E-state index in [-0.39, 0.29) is 6.10 Å². The summed E-state index contributed by atoms with van der Waals surface area (Å²) in [5.41, 5.74) is 9.08. The number of aryl methyl sites for hydroxylation is 1. The molecule has 0 unspecified atom stereocenters. The Kier molecular flexibility index (Phi) is 6.15. The number of ether oxygens (including phenoxy) is 2. The second-order valence-electron chi connectivity index (χ2n) is 5.80. The lowest BCUT2D eigenvalue weighted by Crippen LogP contribution is -2.08. The Bertz CT molecular complexity index is 609. The van der Waals surface area contributed by atoms with E-state index >= 15 is 0 Å². The van der Waals surface area contributed by atoms with Gasteiger partial charge >= 0.3 is 0 Å². The van der Waals surface area contributed by atoms with Crippen LogP contribution in [0.1, 0.15) is 25.8 Å². The van der Waals surface area contributed by atoms with Crippen LogP contribution in [-0.4, -0.2) is 19.8 Å². The number of hydrogen-bond donors (Lipinski definition) is 2. The molecule has 2 rings (SSSR count). The molecule has 0 radical (unpaired) electrons. The van der Waals surface area contributed by atoms with E-state index in [4.69, 9.17) is 15.2 Å². The van der Waals surface area contributed by atoms with Gasteiger partial charge < -0.3 is 20.5 Å². The average molecular weight is 314 g/mol. The Labute approximate surface area is 138 Å². The van der Waals surface area contributed by atoms with Crippen LogP contribution in [0.25, 0.3) is 0 Å². The summed E-state index contributed by atoms with van der Waals surface area (Å²) < 4.78 is 10.8. The second-order valence-corrected chi connectivity index (χ2v) is 5.80. The van der Waals surface area contributed by atoms with E-state index in [1.165, 1.54) is 5.56 Å². The van der Waals surface area contributed by atoms with Crippen LogP contribution in [0.2, 0.25) is 0 Å². The topological polar surface area (TPSA) is 56.5 Å². The molecule has 0 amide bonds. The molecule has 0 spiro atoms. The first-order chi connectivity index (χ1) is 11.1. The van der Waals surface area contributed by atoms with Gasteiger partial charge in [-0.3, -0.25) is 0 Å². The molecule has 0 bridgehead atoms. The molecular weight excluding hydrogens is 288 g/mol. The van der Waals surface area contributed by atoms with Crippen LogP contribution in [0.15, 0.2) is 42.5 Å². The summed E-state index contributed by atoms with van der Waals surface area (Å²) in [5.74, 6) is 1.63. The molecule has 0 fully saturated rings. The maximum absolute atomic E-state index is 6.04. The maximum Gasteiger partial charge on any atom is 0.142 e. The summed E-state index contributed by atoms with van der Waals surface area (Å²) in [7, 11) is 1.67. The molecule has 0 aliphatic rings. The Morgan fingerprint density at radius 2 is 1.83 bits per heavy atom.